The molecule has 0 aliphatic rings. The highest BCUT2D eigenvalue weighted by Gasteiger charge is 2.10. The molecule has 0 saturated carbocycles. The minimum atomic E-state index is -0.282. The van der Waals surface area contributed by atoms with Gasteiger partial charge < -0.3 is 18.9 Å². The van der Waals surface area contributed by atoms with E-state index in [1.54, 1.807) is 0 Å². The molecule has 0 aliphatic heterocycles. The molecule has 1 heterocycles. The van der Waals surface area contributed by atoms with Gasteiger partial charge in [-0.2, -0.15) is 0 Å². The zero-order valence-corrected chi connectivity index (χ0v) is 20.8. The number of hydrogen-bond acceptors (Lipinski definition) is 6. The average molecular weight is 467 g/mol. The number of methoxy groups -OCH3 is 1. The second kappa shape index (κ2) is 15.7. The first-order valence-corrected chi connectivity index (χ1v) is 12.0. The van der Waals surface area contributed by atoms with E-state index >= 15 is 0 Å². The van der Waals surface area contributed by atoms with Crippen molar-refractivity contribution in [3.63, 3.8) is 0 Å². The van der Waals surface area contributed by atoms with Crippen molar-refractivity contribution in [3.05, 3.63) is 78.4 Å². The smallest absolute Gasteiger partial charge is 0.307 e. The monoisotopic (exact) mass is 466 g/mol. The Morgan fingerprint density at radius 3 is 2.76 bits per heavy atom. The third kappa shape index (κ3) is 9.40. The topological polar surface area (TPSA) is 64.8 Å². The van der Waals surface area contributed by atoms with Crippen molar-refractivity contribution in [1.29, 1.82) is 0 Å². The maximum atomic E-state index is 11.1. The van der Waals surface area contributed by atoms with Gasteiger partial charge in [0.1, 0.15) is 6.61 Å². The largest absolute Gasteiger partial charge is 0.469 e. The van der Waals surface area contributed by atoms with Crippen LogP contribution in [0, 0.1) is 0 Å². The van der Waals surface area contributed by atoms with Crippen molar-refractivity contribution in [2.75, 3.05) is 25.2 Å². The van der Waals surface area contributed by atoms with Gasteiger partial charge in [0, 0.05) is 30.1 Å². The third-order valence-electron chi connectivity index (χ3n) is 5.59. The first-order valence-electron chi connectivity index (χ1n) is 12.0. The lowest BCUT2D eigenvalue weighted by atomic mass is 10.0. The van der Waals surface area contributed by atoms with Gasteiger partial charge in [0.25, 0.3) is 0 Å². The van der Waals surface area contributed by atoms with Crippen molar-refractivity contribution in [2.24, 2.45) is 0 Å². The van der Waals surface area contributed by atoms with Gasteiger partial charge in [-0.3, -0.25) is 4.79 Å². The standard InChI is InChI=1S/C28H38N2O4/c1-5-7-18-30(27-16-12-11-15-26(27)23(3)6-2)19-13-9-8-10-14-24-21-25(34-29-24)22-33-20-17-28(31)32-4/h5-7,11-12,15-16,18,21H,1,8-10,13-14,17,19-20,22H2,2-4H3/b18-7+,23-6+. The van der Waals surface area contributed by atoms with E-state index in [9.17, 15) is 4.79 Å². The number of nitrogens with zero attached hydrogens (tertiary/aromatic N) is 2. The maximum absolute atomic E-state index is 11.1. The number of esters is 1. The first kappa shape index (κ1) is 27.1. The number of para-hydroxylation sites is 1. The van der Waals surface area contributed by atoms with Crippen molar-refractivity contribution < 1.29 is 18.8 Å². The summed E-state index contributed by atoms with van der Waals surface area (Å²) >= 11 is 0. The lowest BCUT2D eigenvalue weighted by Gasteiger charge is -2.24. The number of aromatic nitrogens is 1. The molecule has 0 spiro atoms. The maximum Gasteiger partial charge on any atom is 0.307 e. The summed E-state index contributed by atoms with van der Waals surface area (Å²) in [6, 6.07) is 10.5. The van der Waals surface area contributed by atoms with Crippen LogP contribution in [0.15, 0.2) is 65.9 Å². The van der Waals surface area contributed by atoms with E-state index in [0.29, 0.717) is 19.0 Å². The van der Waals surface area contributed by atoms with E-state index in [1.807, 2.05) is 18.2 Å². The molecule has 0 atom stereocenters. The van der Waals surface area contributed by atoms with Gasteiger partial charge in [-0.25, -0.2) is 0 Å². The zero-order valence-electron chi connectivity index (χ0n) is 20.8. The number of hydrogen-bond donors (Lipinski definition) is 0. The van der Waals surface area contributed by atoms with Crippen LogP contribution >= 0.6 is 0 Å². The van der Waals surface area contributed by atoms with Gasteiger partial charge in [-0.15, -0.1) is 0 Å². The number of aryl methyl sites for hydroxylation is 1. The fourth-order valence-corrected chi connectivity index (χ4v) is 3.57. The van der Waals surface area contributed by atoms with E-state index in [-0.39, 0.29) is 12.4 Å². The number of carbonyl (C=O) groups is 1. The highest BCUT2D eigenvalue weighted by molar-refractivity contribution is 5.76. The average Bonchev–Trinajstić information content (AvgIpc) is 3.32. The van der Waals surface area contributed by atoms with Crippen LogP contribution in [0.2, 0.25) is 0 Å². The van der Waals surface area contributed by atoms with E-state index in [0.717, 1.165) is 44.3 Å². The quantitative estimate of drug-likeness (QED) is 0.160. The highest BCUT2D eigenvalue weighted by atomic mass is 16.5. The van der Waals surface area contributed by atoms with Crippen LogP contribution in [0.25, 0.3) is 5.57 Å². The van der Waals surface area contributed by atoms with Crippen LogP contribution in [0.5, 0.6) is 0 Å². The molecule has 0 unspecified atom stereocenters. The van der Waals surface area contributed by atoms with Gasteiger partial charge >= 0.3 is 5.97 Å². The molecular weight excluding hydrogens is 428 g/mol. The molecule has 2 rings (SSSR count). The Labute approximate surface area is 203 Å². The highest BCUT2D eigenvalue weighted by Crippen LogP contribution is 2.27. The predicted molar refractivity (Wildman–Crippen MR) is 137 cm³/mol. The fraction of sp³-hybridized carbons (Fsp3) is 0.429. The molecule has 34 heavy (non-hydrogen) atoms. The summed E-state index contributed by atoms with van der Waals surface area (Å²) in [6.45, 7) is 9.62. The van der Waals surface area contributed by atoms with Crippen LogP contribution < -0.4 is 4.90 Å². The van der Waals surface area contributed by atoms with Crippen LogP contribution in [0.3, 0.4) is 0 Å². The Morgan fingerprint density at radius 2 is 2.00 bits per heavy atom. The molecule has 0 bridgehead atoms. The van der Waals surface area contributed by atoms with Gasteiger partial charge in [0.15, 0.2) is 5.76 Å². The summed E-state index contributed by atoms with van der Waals surface area (Å²) in [6.07, 6.45) is 13.6. The Balaban J connectivity index is 1.74. The minimum Gasteiger partial charge on any atom is -0.469 e. The molecule has 2 aromatic rings. The second-order valence-electron chi connectivity index (χ2n) is 8.09. The van der Waals surface area contributed by atoms with Gasteiger partial charge in [0.05, 0.1) is 25.8 Å². The Bertz CT molecular complexity index is 945. The molecule has 0 N–H and O–H groups in total. The van der Waals surface area contributed by atoms with Crippen molar-refractivity contribution >= 4 is 17.2 Å². The van der Waals surface area contributed by atoms with E-state index in [1.165, 1.54) is 23.9 Å². The number of ether oxygens (including phenoxy) is 2. The van der Waals surface area contributed by atoms with E-state index in [2.05, 4.69) is 71.8 Å². The molecule has 0 saturated heterocycles. The molecule has 1 aromatic heterocycles. The molecule has 6 nitrogen and oxygen atoms in total. The second-order valence-corrected chi connectivity index (χ2v) is 8.09. The lowest BCUT2D eigenvalue weighted by molar-refractivity contribution is -0.142. The van der Waals surface area contributed by atoms with E-state index < -0.39 is 0 Å². The van der Waals surface area contributed by atoms with E-state index in [4.69, 9.17) is 9.26 Å². The van der Waals surface area contributed by atoms with Crippen molar-refractivity contribution in [3.8, 4) is 0 Å². The minimum absolute atomic E-state index is 0.235. The molecule has 0 aliphatic carbocycles. The molecule has 0 radical (unpaired) electrons. The number of carbonyl (C=O) groups excluding carboxylic acids is 1. The summed E-state index contributed by atoms with van der Waals surface area (Å²) in [5.41, 5.74) is 4.70. The Kier molecular flexibility index (Phi) is 12.5. The summed E-state index contributed by atoms with van der Waals surface area (Å²) < 4.78 is 15.3. The zero-order chi connectivity index (χ0) is 24.6. The summed E-state index contributed by atoms with van der Waals surface area (Å²) in [7, 11) is 1.37. The molecule has 184 valence electrons. The predicted octanol–water partition coefficient (Wildman–Crippen LogP) is 6.49. The molecule has 0 amide bonds. The molecule has 1 aromatic carbocycles. The number of anilines is 1. The van der Waals surface area contributed by atoms with Gasteiger partial charge in [0.2, 0.25) is 0 Å². The lowest BCUT2D eigenvalue weighted by Crippen LogP contribution is -2.18. The van der Waals surface area contributed by atoms with Crippen LogP contribution in [0.1, 0.15) is 63.0 Å². The number of allylic oxidation sites excluding steroid dienone is 4. The van der Waals surface area contributed by atoms with Crippen LogP contribution in [-0.4, -0.2) is 31.4 Å². The molecule has 6 heteroatoms. The summed E-state index contributed by atoms with van der Waals surface area (Å²) in [4.78, 5) is 13.4. The summed E-state index contributed by atoms with van der Waals surface area (Å²) in [5.74, 6) is 0.398. The SMILES string of the molecule is C=C/C=C/N(CCCCCCc1cc(COCCC(=O)OC)on1)c1ccccc1/C(C)=C/C. The normalized spacial score (nSPS) is 11.7. The molecule has 0 fully saturated rings. The third-order valence-corrected chi connectivity index (χ3v) is 5.59. The Morgan fingerprint density at radius 1 is 1.21 bits per heavy atom. The van der Waals surface area contributed by atoms with Crippen molar-refractivity contribution in [1.82, 2.24) is 5.16 Å². The molecular formula is C28H38N2O4. The fourth-order valence-electron chi connectivity index (χ4n) is 3.57. The number of rotatable bonds is 16. The summed E-state index contributed by atoms with van der Waals surface area (Å²) in [5, 5.41) is 4.12. The van der Waals surface area contributed by atoms with Crippen molar-refractivity contribution in [2.45, 2.75) is 59.0 Å². The first-order chi connectivity index (χ1) is 16.6. The van der Waals surface area contributed by atoms with Gasteiger partial charge in [-0.1, -0.05) is 54.9 Å². The van der Waals surface area contributed by atoms with Gasteiger partial charge in [-0.05, 0) is 50.8 Å². The van der Waals surface area contributed by atoms with Crippen LogP contribution in [0.4, 0.5) is 5.69 Å². The van der Waals surface area contributed by atoms with Crippen LogP contribution in [-0.2, 0) is 27.3 Å². The Hall–Kier alpha value is -3.12. The number of unbranched alkanes of at least 4 members (excludes halogenated alkanes) is 3. The number of benzene rings is 1.